The Kier molecular flexibility index (Phi) is 3.70. The number of nitrogens with one attached hydrogen (secondary N) is 1. The fourth-order valence-electron chi connectivity index (χ4n) is 2.60. The highest BCUT2D eigenvalue weighted by atomic mass is 16.5. The molecule has 1 aliphatic heterocycles. The summed E-state index contributed by atoms with van der Waals surface area (Å²) in [7, 11) is 0. The summed E-state index contributed by atoms with van der Waals surface area (Å²) >= 11 is 0. The first-order chi connectivity index (χ1) is 8.04. The molecule has 2 rings (SSSR count). The lowest BCUT2D eigenvalue weighted by Gasteiger charge is -2.26. The molecule has 0 aromatic rings. The molecule has 4 N–H and O–H groups in total. The highest BCUT2D eigenvalue weighted by Crippen LogP contribution is 2.28. The highest BCUT2D eigenvalue weighted by molar-refractivity contribution is 5.83. The van der Waals surface area contributed by atoms with Crippen LogP contribution >= 0.6 is 0 Å². The van der Waals surface area contributed by atoms with Gasteiger partial charge >= 0.3 is 0 Å². The first kappa shape index (κ1) is 12.8. The molecule has 0 spiro atoms. The van der Waals surface area contributed by atoms with Crippen LogP contribution in [0, 0.1) is 11.3 Å². The normalized spacial score (nSPS) is 41.7. The van der Waals surface area contributed by atoms with E-state index in [4.69, 9.17) is 10.5 Å². The van der Waals surface area contributed by atoms with Crippen LogP contribution in [0.5, 0.6) is 0 Å². The summed E-state index contributed by atoms with van der Waals surface area (Å²) in [6.45, 7) is 3.20. The smallest absolute Gasteiger partial charge is 0.229 e. The maximum Gasteiger partial charge on any atom is 0.229 e. The number of ether oxygens (including phenoxy) is 1. The topological polar surface area (TPSA) is 84.6 Å². The summed E-state index contributed by atoms with van der Waals surface area (Å²) in [6.07, 6.45) is 2.61. The van der Waals surface area contributed by atoms with Crippen molar-refractivity contribution < 1.29 is 14.6 Å². The van der Waals surface area contributed by atoms with E-state index in [-0.39, 0.29) is 24.0 Å². The van der Waals surface area contributed by atoms with E-state index in [0.717, 1.165) is 19.3 Å². The third-order valence-corrected chi connectivity index (χ3v) is 4.18. The molecule has 0 aromatic carbocycles. The average molecular weight is 242 g/mol. The van der Waals surface area contributed by atoms with E-state index in [1.54, 1.807) is 0 Å². The Bertz CT molecular complexity index is 297. The van der Waals surface area contributed by atoms with Gasteiger partial charge < -0.3 is 20.9 Å². The number of carbonyl (C=O) groups is 1. The molecule has 1 aliphatic carbocycles. The third-order valence-electron chi connectivity index (χ3n) is 4.18. The van der Waals surface area contributed by atoms with Crippen LogP contribution in [0.2, 0.25) is 0 Å². The van der Waals surface area contributed by atoms with Gasteiger partial charge in [0.25, 0.3) is 0 Å². The Morgan fingerprint density at radius 1 is 1.59 bits per heavy atom. The second-order valence-corrected chi connectivity index (χ2v) is 5.51. The molecule has 4 atom stereocenters. The lowest BCUT2D eigenvalue weighted by atomic mass is 9.84. The Morgan fingerprint density at radius 2 is 2.35 bits per heavy atom. The van der Waals surface area contributed by atoms with E-state index < -0.39 is 5.41 Å². The predicted octanol–water partition coefficient (Wildman–Crippen LogP) is -0.373. The third kappa shape index (κ3) is 2.46. The number of nitrogens with two attached hydrogens (primary N) is 1. The van der Waals surface area contributed by atoms with Gasteiger partial charge in [-0.15, -0.1) is 0 Å². The molecule has 1 heterocycles. The lowest BCUT2D eigenvalue weighted by Crippen LogP contribution is -2.51. The number of aliphatic hydroxyl groups excluding tert-OH is 1. The SMILES string of the molecule is CC1(C(=O)NCC2CCCC2O)COCC1N. The molecule has 1 saturated heterocycles. The van der Waals surface area contributed by atoms with E-state index in [0.29, 0.717) is 19.8 Å². The van der Waals surface area contributed by atoms with Gasteiger partial charge in [-0.05, 0) is 19.8 Å². The molecule has 2 aliphatic rings. The first-order valence-electron chi connectivity index (χ1n) is 6.34. The van der Waals surface area contributed by atoms with Crippen molar-refractivity contribution in [3.05, 3.63) is 0 Å². The minimum atomic E-state index is -0.621. The highest BCUT2D eigenvalue weighted by Gasteiger charge is 2.44. The van der Waals surface area contributed by atoms with Gasteiger partial charge in [-0.1, -0.05) is 6.42 Å². The van der Waals surface area contributed by atoms with E-state index in [1.807, 2.05) is 6.92 Å². The van der Waals surface area contributed by atoms with Crippen LogP contribution in [0.25, 0.3) is 0 Å². The maximum atomic E-state index is 12.1. The Balaban J connectivity index is 1.84. The van der Waals surface area contributed by atoms with Crippen LogP contribution in [0.4, 0.5) is 0 Å². The zero-order valence-corrected chi connectivity index (χ0v) is 10.3. The Labute approximate surface area is 102 Å². The van der Waals surface area contributed by atoms with Crippen molar-refractivity contribution in [3.8, 4) is 0 Å². The van der Waals surface area contributed by atoms with Crippen molar-refractivity contribution in [2.24, 2.45) is 17.1 Å². The van der Waals surface area contributed by atoms with Gasteiger partial charge in [0.2, 0.25) is 5.91 Å². The largest absolute Gasteiger partial charge is 0.393 e. The fourth-order valence-corrected chi connectivity index (χ4v) is 2.60. The number of amides is 1. The summed E-state index contributed by atoms with van der Waals surface area (Å²) in [6, 6.07) is -0.240. The minimum Gasteiger partial charge on any atom is -0.393 e. The molecular weight excluding hydrogens is 220 g/mol. The monoisotopic (exact) mass is 242 g/mol. The first-order valence-corrected chi connectivity index (χ1v) is 6.34. The van der Waals surface area contributed by atoms with Gasteiger partial charge in [0, 0.05) is 18.5 Å². The second kappa shape index (κ2) is 4.92. The molecule has 5 heteroatoms. The van der Waals surface area contributed by atoms with Crippen molar-refractivity contribution in [1.82, 2.24) is 5.32 Å². The van der Waals surface area contributed by atoms with Crippen LogP contribution in [0.1, 0.15) is 26.2 Å². The van der Waals surface area contributed by atoms with Crippen molar-refractivity contribution in [1.29, 1.82) is 0 Å². The molecule has 0 aromatic heterocycles. The van der Waals surface area contributed by atoms with Crippen LogP contribution < -0.4 is 11.1 Å². The maximum absolute atomic E-state index is 12.1. The number of carbonyl (C=O) groups excluding carboxylic acids is 1. The molecule has 2 fully saturated rings. The van der Waals surface area contributed by atoms with Gasteiger partial charge in [-0.3, -0.25) is 4.79 Å². The van der Waals surface area contributed by atoms with Crippen molar-refractivity contribution in [2.45, 2.75) is 38.3 Å². The van der Waals surface area contributed by atoms with Crippen LogP contribution in [0.3, 0.4) is 0 Å². The molecule has 17 heavy (non-hydrogen) atoms. The van der Waals surface area contributed by atoms with E-state index in [1.165, 1.54) is 0 Å². The van der Waals surface area contributed by atoms with Gasteiger partial charge in [0.05, 0.1) is 24.7 Å². The van der Waals surface area contributed by atoms with E-state index >= 15 is 0 Å². The molecule has 1 saturated carbocycles. The number of hydrogen-bond donors (Lipinski definition) is 3. The van der Waals surface area contributed by atoms with Crippen molar-refractivity contribution in [2.75, 3.05) is 19.8 Å². The van der Waals surface area contributed by atoms with Gasteiger partial charge in [0.1, 0.15) is 0 Å². The fraction of sp³-hybridized carbons (Fsp3) is 0.917. The summed E-state index contributed by atoms with van der Waals surface area (Å²) < 4.78 is 5.25. The Hall–Kier alpha value is -0.650. The van der Waals surface area contributed by atoms with E-state index in [2.05, 4.69) is 5.32 Å². The molecule has 98 valence electrons. The van der Waals surface area contributed by atoms with Gasteiger partial charge in [-0.2, -0.15) is 0 Å². The van der Waals surface area contributed by atoms with E-state index in [9.17, 15) is 9.90 Å². The molecule has 0 radical (unpaired) electrons. The molecule has 5 nitrogen and oxygen atoms in total. The quantitative estimate of drug-likeness (QED) is 0.630. The molecule has 1 amide bonds. The van der Waals surface area contributed by atoms with Crippen molar-refractivity contribution in [3.63, 3.8) is 0 Å². The Morgan fingerprint density at radius 3 is 2.88 bits per heavy atom. The van der Waals surface area contributed by atoms with Crippen LogP contribution in [-0.4, -0.2) is 42.9 Å². The van der Waals surface area contributed by atoms with Crippen molar-refractivity contribution >= 4 is 5.91 Å². The number of rotatable bonds is 3. The zero-order valence-electron chi connectivity index (χ0n) is 10.3. The van der Waals surface area contributed by atoms with Crippen LogP contribution in [-0.2, 0) is 9.53 Å². The molecular formula is C12H22N2O3. The summed E-state index contributed by atoms with van der Waals surface area (Å²) in [5.41, 5.74) is 5.27. The van der Waals surface area contributed by atoms with Gasteiger partial charge in [0.15, 0.2) is 0 Å². The predicted molar refractivity (Wildman–Crippen MR) is 63.3 cm³/mol. The zero-order chi connectivity index (χ0) is 12.5. The number of aliphatic hydroxyl groups is 1. The summed E-state index contributed by atoms with van der Waals surface area (Å²) in [5.74, 6) is 0.141. The summed E-state index contributed by atoms with van der Waals surface area (Å²) in [5, 5.41) is 12.6. The lowest BCUT2D eigenvalue weighted by molar-refractivity contribution is -0.131. The average Bonchev–Trinajstić information content (AvgIpc) is 2.84. The molecule has 0 bridgehead atoms. The van der Waals surface area contributed by atoms with Crippen LogP contribution in [0.15, 0.2) is 0 Å². The summed E-state index contributed by atoms with van der Waals surface area (Å²) in [4.78, 5) is 12.1. The number of hydrogen-bond acceptors (Lipinski definition) is 4. The molecule has 4 unspecified atom stereocenters. The van der Waals surface area contributed by atoms with Gasteiger partial charge in [-0.25, -0.2) is 0 Å². The minimum absolute atomic E-state index is 0.0541. The standard InChI is InChI=1S/C12H22N2O3/c1-12(7-17-6-10(12)13)11(16)14-5-8-3-2-4-9(8)15/h8-10,15H,2-7,13H2,1H3,(H,14,16). The second-order valence-electron chi connectivity index (χ2n) is 5.51.